The average molecular weight is 873 g/mol. The molecule has 2 fully saturated rings. The number of aliphatic hydroxyl groups is 5. The fourth-order valence-corrected chi connectivity index (χ4v) is 7.81. The lowest BCUT2D eigenvalue weighted by Gasteiger charge is -2.41. The summed E-state index contributed by atoms with van der Waals surface area (Å²) in [7, 11) is -5.13. The Morgan fingerprint density at radius 1 is 0.617 bits per heavy atom. The predicted octanol–water partition coefficient (Wildman–Crippen LogP) is 7.38. The Balaban J connectivity index is 1.72. The van der Waals surface area contributed by atoms with E-state index >= 15 is 0 Å². The number of carbonyl (C=O) groups excluding carboxylic acids is 2. The van der Waals surface area contributed by atoms with Crippen molar-refractivity contribution in [2.45, 2.75) is 210 Å². The number of aliphatic hydroxyl groups excluding tert-OH is 5. The molecule has 0 amide bonds. The summed E-state index contributed by atoms with van der Waals surface area (Å²) in [4.78, 5) is 35.7. The number of phosphoric acid groups is 1. The number of epoxide rings is 1. The van der Waals surface area contributed by atoms with Gasteiger partial charge < -0.3 is 44.6 Å². The first-order valence-corrected chi connectivity index (χ1v) is 24.1. The molecule has 346 valence electrons. The summed E-state index contributed by atoms with van der Waals surface area (Å²) >= 11 is 0. The molecule has 10 atom stereocenters. The molecule has 5 unspecified atom stereocenters. The third-order valence-corrected chi connectivity index (χ3v) is 11.6. The van der Waals surface area contributed by atoms with Crippen molar-refractivity contribution >= 4 is 19.8 Å². The standard InChI is InChI=1S/C45H77O14P/c1-3-5-7-8-9-10-11-12-13-14-15-16-20-23-27-31-38(46)55-33-35(34-56-60(53,54)59-45-43(51)41(49)40(48)42(50)44(45)52)57-39(47)32-28-24-21-18-17-19-22-26-30-37-36(58-37)29-25-6-4-2/h5,7,9-10,12-13,22,26,35-37,40-45,48-52H,3-4,6,8,11,14-21,23-25,27-34H2,1-2H3,(H,53,54)/b7-5-,10-9-,13-12-,26-22-/t35-,36?,37?,40?,41-,42+,43-,44-,45?/m1/s1. The third kappa shape index (κ3) is 24.4. The second-order valence-electron chi connectivity index (χ2n) is 15.9. The summed E-state index contributed by atoms with van der Waals surface area (Å²) in [5.41, 5.74) is 0. The number of esters is 2. The van der Waals surface area contributed by atoms with Gasteiger partial charge in [-0.1, -0.05) is 120 Å². The number of carbonyl (C=O) groups is 2. The minimum Gasteiger partial charge on any atom is -0.462 e. The zero-order chi connectivity index (χ0) is 44.0. The number of phosphoric ester groups is 1. The molecule has 6 N–H and O–H groups in total. The number of rotatable bonds is 35. The van der Waals surface area contributed by atoms with E-state index in [0.717, 1.165) is 96.3 Å². The molecular weight excluding hydrogens is 795 g/mol. The normalized spacial score (nSPS) is 26.0. The summed E-state index contributed by atoms with van der Waals surface area (Å²) in [6.45, 7) is 3.11. The van der Waals surface area contributed by atoms with E-state index in [1.54, 1.807) is 0 Å². The summed E-state index contributed by atoms with van der Waals surface area (Å²) in [6, 6.07) is 0. The first-order valence-electron chi connectivity index (χ1n) is 22.6. The van der Waals surface area contributed by atoms with Gasteiger partial charge in [-0.3, -0.25) is 18.6 Å². The Bertz CT molecular complexity index is 1300. The smallest absolute Gasteiger partial charge is 0.462 e. The number of hydrogen-bond acceptors (Lipinski definition) is 13. The van der Waals surface area contributed by atoms with Crippen molar-refractivity contribution in [3.05, 3.63) is 48.6 Å². The average Bonchev–Trinajstić information content (AvgIpc) is 3.98. The molecule has 0 aromatic heterocycles. The van der Waals surface area contributed by atoms with Crippen molar-refractivity contribution in [2.75, 3.05) is 13.2 Å². The van der Waals surface area contributed by atoms with Gasteiger partial charge in [0.1, 0.15) is 43.2 Å². The van der Waals surface area contributed by atoms with Crippen molar-refractivity contribution in [2.24, 2.45) is 0 Å². The first-order chi connectivity index (χ1) is 28.9. The fourth-order valence-electron chi connectivity index (χ4n) is 6.84. The molecule has 60 heavy (non-hydrogen) atoms. The molecule has 15 heteroatoms. The molecule has 0 aromatic carbocycles. The first kappa shape index (κ1) is 53.9. The molecular formula is C45H77O14P. The van der Waals surface area contributed by atoms with E-state index in [0.29, 0.717) is 25.0 Å². The molecule has 0 bridgehead atoms. The van der Waals surface area contributed by atoms with Crippen molar-refractivity contribution in [1.82, 2.24) is 0 Å². The highest BCUT2D eigenvalue weighted by Crippen LogP contribution is 2.47. The molecule has 0 spiro atoms. The molecule has 1 aliphatic carbocycles. The van der Waals surface area contributed by atoms with Gasteiger partial charge in [0.25, 0.3) is 0 Å². The van der Waals surface area contributed by atoms with Crippen LogP contribution in [0, 0.1) is 0 Å². The second-order valence-corrected chi connectivity index (χ2v) is 17.3. The van der Waals surface area contributed by atoms with E-state index in [-0.39, 0.29) is 12.8 Å². The lowest BCUT2D eigenvalue weighted by Crippen LogP contribution is -2.64. The zero-order valence-corrected chi connectivity index (χ0v) is 37.1. The monoisotopic (exact) mass is 873 g/mol. The Hall–Kier alpha value is -2.23. The molecule has 1 aliphatic heterocycles. The lowest BCUT2D eigenvalue weighted by molar-refractivity contribution is -0.220. The summed E-state index contributed by atoms with van der Waals surface area (Å²) in [5.74, 6) is -1.14. The highest BCUT2D eigenvalue weighted by Gasteiger charge is 2.51. The van der Waals surface area contributed by atoms with Gasteiger partial charge in [0.2, 0.25) is 0 Å². The molecule has 2 aliphatic rings. The van der Waals surface area contributed by atoms with Crippen molar-refractivity contribution in [1.29, 1.82) is 0 Å². The van der Waals surface area contributed by atoms with Crippen LogP contribution in [0.15, 0.2) is 48.6 Å². The summed E-state index contributed by atoms with van der Waals surface area (Å²) < 4.78 is 39.2. The van der Waals surface area contributed by atoms with Crippen LogP contribution in [0.5, 0.6) is 0 Å². The van der Waals surface area contributed by atoms with Gasteiger partial charge in [-0.25, -0.2) is 4.57 Å². The van der Waals surface area contributed by atoms with Gasteiger partial charge in [-0.2, -0.15) is 0 Å². The minimum atomic E-state index is -5.13. The largest absolute Gasteiger partial charge is 0.472 e. The Labute approximate surface area is 358 Å². The maximum Gasteiger partial charge on any atom is 0.472 e. The summed E-state index contributed by atoms with van der Waals surface area (Å²) in [6.07, 6.45) is 24.8. The number of allylic oxidation sites excluding steroid dienone is 7. The van der Waals surface area contributed by atoms with E-state index in [9.17, 15) is 44.6 Å². The molecule has 1 saturated heterocycles. The van der Waals surface area contributed by atoms with Crippen LogP contribution in [0.3, 0.4) is 0 Å². The number of unbranched alkanes of at least 4 members (excludes halogenated alkanes) is 12. The van der Waals surface area contributed by atoms with Crippen LogP contribution in [0.2, 0.25) is 0 Å². The van der Waals surface area contributed by atoms with Crippen LogP contribution in [0.4, 0.5) is 0 Å². The van der Waals surface area contributed by atoms with Gasteiger partial charge in [-0.15, -0.1) is 0 Å². The van der Waals surface area contributed by atoms with E-state index in [4.69, 9.17) is 23.3 Å². The number of hydrogen-bond donors (Lipinski definition) is 6. The van der Waals surface area contributed by atoms with Crippen molar-refractivity contribution in [3.8, 4) is 0 Å². The van der Waals surface area contributed by atoms with Crippen LogP contribution >= 0.6 is 7.82 Å². The van der Waals surface area contributed by atoms with Crippen LogP contribution in [-0.2, 0) is 37.4 Å². The predicted molar refractivity (Wildman–Crippen MR) is 230 cm³/mol. The molecule has 2 rings (SSSR count). The number of ether oxygens (including phenoxy) is 3. The molecule has 14 nitrogen and oxygen atoms in total. The van der Waals surface area contributed by atoms with Gasteiger partial charge in [-0.05, 0) is 70.6 Å². The molecule has 1 saturated carbocycles. The Morgan fingerprint density at radius 3 is 1.77 bits per heavy atom. The van der Waals surface area contributed by atoms with Gasteiger partial charge in [0.15, 0.2) is 6.10 Å². The molecule has 0 aromatic rings. The lowest BCUT2D eigenvalue weighted by atomic mass is 9.85. The van der Waals surface area contributed by atoms with Crippen LogP contribution in [0.25, 0.3) is 0 Å². The SMILES string of the molecule is CC/C=C\C/C=C\C/C=C\CCCCCCCC(=O)OC[C@H](COP(=O)(O)OC1[C@H](O)[C@H](O)C(O)[C@H](O)[C@H]1O)OC(=O)CCCCCCC/C=C\CC1OC1CCCCC. The summed E-state index contributed by atoms with van der Waals surface area (Å²) in [5, 5.41) is 50.1. The van der Waals surface area contributed by atoms with Gasteiger partial charge in [0.05, 0.1) is 18.8 Å². The zero-order valence-electron chi connectivity index (χ0n) is 36.2. The van der Waals surface area contributed by atoms with Crippen LogP contribution in [-0.4, -0.2) is 111 Å². The fraction of sp³-hybridized carbons (Fsp3) is 0.778. The molecule has 0 radical (unpaired) electrons. The quantitative estimate of drug-likeness (QED) is 0.0120. The van der Waals surface area contributed by atoms with E-state index in [1.165, 1.54) is 19.3 Å². The van der Waals surface area contributed by atoms with Crippen LogP contribution < -0.4 is 0 Å². The second kappa shape index (κ2) is 32.4. The van der Waals surface area contributed by atoms with Gasteiger partial charge >= 0.3 is 19.8 Å². The van der Waals surface area contributed by atoms with Crippen molar-refractivity contribution in [3.63, 3.8) is 0 Å². The van der Waals surface area contributed by atoms with Crippen molar-refractivity contribution < 1.29 is 67.8 Å². The maximum atomic E-state index is 12.8. The van der Waals surface area contributed by atoms with E-state index < -0.39 is 75.7 Å². The van der Waals surface area contributed by atoms with Crippen LogP contribution in [0.1, 0.15) is 155 Å². The Morgan fingerprint density at radius 2 is 1.15 bits per heavy atom. The van der Waals surface area contributed by atoms with E-state index in [2.05, 4.69) is 62.5 Å². The minimum absolute atomic E-state index is 0.0702. The highest BCUT2D eigenvalue weighted by molar-refractivity contribution is 7.47. The molecule has 1 heterocycles. The van der Waals surface area contributed by atoms with Gasteiger partial charge in [0, 0.05) is 12.8 Å². The Kier molecular flexibility index (Phi) is 29.1. The van der Waals surface area contributed by atoms with E-state index in [1.807, 2.05) is 0 Å². The topological polar surface area (TPSA) is 222 Å². The maximum absolute atomic E-state index is 12.8. The highest BCUT2D eigenvalue weighted by atomic mass is 31.2. The third-order valence-electron chi connectivity index (χ3n) is 10.6.